The van der Waals surface area contributed by atoms with Crippen molar-refractivity contribution in [2.75, 3.05) is 6.54 Å². The van der Waals surface area contributed by atoms with Crippen LogP contribution in [0.15, 0.2) is 0 Å². The number of unbranched alkanes of at least 4 members (excludes halogenated alkanes) is 4. The third-order valence-electron chi connectivity index (χ3n) is 2.53. The van der Waals surface area contributed by atoms with E-state index in [4.69, 9.17) is 5.11 Å². The van der Waals surface area contributed by atoms with Crippen molar-refractivity contribution in [1.29, 1.82) is 0 Å². The second-order valence-corrected chi connectivity index (χ2v) is 4.73. The number of carbonyl (C=O) groups excluding carboxylic acids is 1. The van der Waals surface area contributed by atoms with Gasteiger partial charge in [-0.3, -0.25) is 0 Å². The minimum Gasteiger partial charge on any atom is -0.480 e. The number of rotatable bonds is 8. The number of nitrogens with one attached hydrogen (secondary N) is 2. The zero-order valence-corrected chi connectivity index (χ0v) is 11.0. The highest BCUT2D eigenvalue weighted by Gasteiger charge is 2.28. The Bertz CT molecular complexity index is 252. The number of hydrogen-bond donors (Lipinski definition) is 3. The fourth-order valence-corrected chi connectivity index (χ4v) is 1.31. The van der Waals surface area contributed by atoms with Crippen LogP contribution in [0.5, 0.6) is 0 Å². The number of carbonyl (C=O) groups is 2. The van der Waals surface area contributed by atoms with Crippen molar-refractivity contribution in [1.82, 2.24) is 10.6 Å². The Labute approximate surface area is 103 Å². The first-order valence-corrected chi connectivity index (χ1v) is 6.19. The standard InChI is InChI=1S/C12H24N2O3/c1-4-5-6-7-8-9-13-11(17)14-12(2,3)10(15)16/h4-9H2,1-3H3,(H,15,16)(H2,13,14,17). The Kier molecular flexibility index (Phi) is 7.34. The number of urea groups is 1. The van der Waals surface area contributed by atoms with E-state index < -0.39 is 17.5 Å². The Morgan fingerprint density at radius 2 is 1.71 bits per heavy atom. The molecule has 3 N–H and O–H groups in total. The van der Waals surface area contributed by atoms with Crippen molar-refractivity contribution in [2.45, 2.75) is 58.4 Å². The predicted molar refractivity (Wildman–Crippen MR) is 67.0 cm³/mol. The first kappa shape index (κ1) is 15.7. The SMILES string of the molecule is CCCCCCCNC(=O)NC(C)(C)C(=O)O. The molecule has 0 aliphatic heterocycles. The zero-order valence-electron chi connectivity index (χ0n) is 11.0. The number of carboxylic acids is 1. The molecule has 5 nitrogen and oxygen atoms in total. The molecule has 100 valence electrons. The van der Waals surface area contributed by atoms with Crippen LogP contribution in [-0.4, -0.2) is 29.2 Å². The molecule has 0 aromatic carbocycles. The summed E-state index contributed by atoms with van der Waals surface area (Å²) in [7, 11) is 0. The average Bonchev–Trinajstić information content (AvgIpc) is 2.22. The Balaban J connectivity index is 3.63. The van der Waals surface area contributed by atoms with Gasteiger partial charge in [0, 0.05) is 6.54 Å². The van der Waals surface area contributed by atoms with Crippen LogP contribution in [0, 0.1) is 0 Å². The van der Waals surface area contributed by atoms with Crippen molar-refractivity contribution in [3.63, 3.8) is 0 Å². The summed E-state index contributed by atoms with van der Waals surface area (Å²) in [6.07, 6.45) is 5.62. The van der Waals surface area contributed by atoms with Gasteiger partial charge in [-0.1, -0.05) is 32.6 Å². The second-order valence-electron chi connectivity index (χ2n) is 4.73. The number of hydrogen-bond acceptors (Lipinski definition) is 2. The van der Waals surface area contributed by atoms with Gasteiger partial charge < -0.3 is 15.7 Å². The molecule has 5 heteroatoms. The first-order valence-electron chi connectivity index (χ1n) is 6.19. The van der Waals surface area contributed by atoms with Crippen molar-refractivity contribution in [3.05, 3.63) is 0 Å². The highest BCUT2D eigenvalue weighted by molar-refractivity contribution is 5.85. The van der Waals surface area contributed by atoms with Crippen LogP contribution in [0.1, 0.15) is 52.9 Å². The van der Waals surface area contributed by atoms with E-state index in [1.807, 2.05) is 0 Å². The van der Waals surface area contributed by atoms with Crippen LogP contribution in [0.25, 0.3) is 0 Å². The lowest BCUT2D eigenvalue weighted by Gasteiger charge is -2.21. The van der Waals surface area contributed by atoms with Gasteiger partial charge in [0.15, 0.2) is 0 Å². The molecular formula is C12H24N2O3. The molecule has 0 bridgehead atoms. The van der Waals surface area contributed by atoms with E-state index in [0.29, 0.717) is 6.54 Å². The fourth-order valence-electron chi connectivity index (χ4n) is 1.31. The molecule has 0 aliphatic rings. The normalized spacial score (nSPS) is 11.0. The molecule has 0 spiro atoms. The van der Waals surface area contributed by atoms with E-state index in [1.165, 1.54) is 33.1 Å². The van der Waals surface area contributed by atoms with Gasteiger partial charge >= 0.3 is 12.0 Å². The Hall–Kier alpha value is -1.26. The van der Waals surface area contributed by atoms with Gasteiger partial charge in [-0.05, 0) is 20.3 Å². The average molecular weight is 244 g/mol. The van der Waals surface area contributed by atoms with Crippen LogP contribution < -0.4 is 10.6 Å². The molecule has 0 saturated carbocycles. The largest absolute Gasteiger partial charge is 0.480 e. The molecule has 0 heterocycles. The number of carboxylic acid groups (broad SMARTS) is 1. The van der Waals surface area contributed by atoms with Crippen LogP contribution in [0.2, 0.25) is 0 Å². The van der Waals surface area contributed by atoms with Crippen LogP contribution in [0.3, 0.4) is 0 Å². The summed E-state index contributed by atoms with van der Waals surface area (Å²) in [6.45, 7) is 5.65. The lowest BCUT2D eigenvalue weighted by molar-refractivity contribution is -0.142. The van der Waals surface area contributed by atoms with Gasteiger partial charge in [0.25, 0.3) is 0 Å². The molecule has 0 atom stereocenters. The highest BCUT2D eigenvalue weighted by atomic mass is 16.4. The summed E-state index contributed by atoms with van der Waals surface area (Å²) >= 11 is 0. The molecule has 0 rings (SSSR count). The fraction of sp³-hybridized carbons (Fsp3) is 0.833. The summed E-state index contributed by atoms with van der Waals surface area (Å²) in [5, 5.41) is 13.9. The summed E-state index contributed by atoms with van der Waals surface area (Å²) in [6, 6.07) is -0.423. The van der Waals surface area contributed by atoms with Crippen molar-refractivity contribution < 1.29 is 14.7 Å². The number of amides is 2. The van der Waals surface area contributed by atoms with Crippen LogP contribution >= 0.6 is 0 Å². The quantitative estimate of drug-likeness (QED) is 0.572. The van der Waals surface area contributed by atoms with Crippen molar-refractivity contribution in [3.8, 4) is 0 Å². The van der Waals surface area contributed by atoms with Gasteiger partial charge in [0.05, 0.1) is 0 Å². The maximum Gasteiger partial charge on any atom is 0.328 e. The molecule has 0 fully saturated rings. The highest BCUT2D eigenvalue weighted by Crippen LogP contribution is 2.02. The maximum absolute atomic E-state index is 11.4. The van der Waals surface area contributed by atoms with E-state index in [2.05, 4.69) is 17.6 Å². The lowest BCUT2D eigenvalue weighted by atomic mass is 10.1. The topological polar surface area (TPSA) is 78.4 Å². The molecule has 0 unspecified atom stereocenters. The summed E-state index contributed by atoms with van der Waals surface area (Å²) in [4.78, 5) is 22.1. The van der Waals surface area contributed by atoms with Crippen molar-refractivity contribution in [2.24, 2.45) is 0 Å². The maximum atomic E-state index is 11.4. The minimum absolute atomic E-state index is 0.423. The first-order chi connectivity index (χ1) is 7.90. The third kappa shape index (κ3) is 7.60. The summed E-state index contributed by atoms with van der Waals surface area (Å²) in [5.74, 6) is -1.05. The van der Waals surface area contributed by atoms with E-state index >= 15 is 0 Å². The van der Waals surface area contributed by atoms with E-state index in [-0.39, 0.29) is 0 Å². The molecule has 17 heavy (non-hydrogen) atoms. The van der Waals surface area contributed by atoms with E-state index in [9.17, 15) is 9.59 Å². The molecule has 0 saturated heterocycles. The van der Waals surface area contributed by atoms with E-state index in [0.717, 1.165) is 12.8 Å². The Morgan fingerprint density at radius 1 is 1.12 bits per heavy atom. The predicted octanol–water partition coefficient (Wildman–Crippen LogP) is 2.12. The summed E-state index contributed by atoms with van der Waals surface area (Å²) in [5.41, 5.74) is -1.23. The molecule has 0 aliphatic carbocycles. The molecule has 0 radical (unpaired) electrons. The smallest absolute Gasteiger partial charge is 0.328 e. The van der Waals surface area contributed by atoms with Gasteiger partial charge in [-0.15, -0.1) is 0 Å². The second kappa shape index (κ2) is 7.92. The Morgan fingerprint density at radius 3 is 2.24 bits per heavy atom. The van der Waals surface area contributed by atoms with Gasteiger partial charge in [-0.2, -0.15) is 0 Å². The van der Waals surface area contributed by atoms with Crippen LogP contribution in [-0.2, 0) is 4.79 Å². The molecule has 2 amide bonds. The zero-order chi connectivity index (χ0) is 13.3. The van der Waals surface area contributed by atoms with E-state index in [1.54, 1.807) is 0 Å². The van der Waals surface area contributed by atoms with Crippen LogP contribution in [0.4, 0.5) is 4.79 Å². The van der Waals surface area contributed by atoms with Gasteiger partial charge in [0.2, 0.25) is 0 Å². The molecule has 0 aromatic rings. The number of aliphatic carboxylic acids is 1. The van der Waals surface area contributed by atoms with Gasteiger partial charge in [-0.25, -0.2) is 9.59 Å². The minimum atomic E-state index is -1.23. The molecular weight excluding hydrogens is 220 g/mol. The third-order valence-corrected chi connectivity index (χ3v) is 2.53. The summed E-state index contributed by atoms with van der Waals surface area (Å²) < 4.78 is 0. The molecule has 0 aromatic heterocycles. The van der Waals surface area contributed by atoms with Crippen molar-refractivity contribution >= 4 is 12.0 Å². The lowest BCUT2D eigenvalue weighted by Crippen LogP contribution is -2.53. The van der Waals surface area contributed by atoms with Gasteiger partial charge in [0.1, 0.15) is 5.54 Å². The monoisotopic (exact) mass is 244 g/mol.